The lowest BCUT2D eigenvalue weighted by molar-refractivity contribution is 0.102. The van der Waals surface area contributed by atoms with Crippen LogP contribution in [0.25, 0.3) is 0 Å². The highest BCUT2D eigenvalue weighted by Crippen LogP contribution is 2.22. The summed E-state index contributed by atoms with van der Waals surface area (Å²) in [6.45, 7) is 2.88. The van der Waals surface area contributed by atoms with E-state index in [0.717, 1.165) is 18.7 Å². The molecule has 2 aromatic rings. The number of aliphatic hydroxyl groups is 1. The number of β-amino-alcohol motifs (C(OH)–C–C–N with tert-alkyl or cyclic N) is 1. The second-order valence-electron chi connectivity index (χ2n) is 6.40. The fourth-order valence-corrected chi connectivity index (χ4v) is 3.45. The van der Waals surface area contributed by atoms with E-state index in [1.807, 2.05) is 24.3 Å². The first-order valence-corrected chi connectivity index (χ1v) is 9.23. The van der Waals surface area contributed by atoms with Crippen molar-refractivity contribution in [3.63, 3.8) is 0 Å². The van der Waals surface area contributed by atoms with Gasteiger partial charge in [-0.3, -0.25) is 4.79 Å². The van der Waals surface area contributed by atoms with Crippen LogP contribution in [-0.2, 0) is 6.54 Å². The molecule has 0 aromatic heterocycles. The Morgan fingerprint density at radius 3 is 2.77 bits per heavy atom. The zero-order valence-electron chi connectivity index (χ0n) is 14.1. The first kappa shape index (κ1) is 19.1. The molecular formula is C19H21Cl2N3O2. The van der Waals surface area contributed by atoms with Gasteiger partial charge in [-0.05, 0) is 35.9 Å². The van der Waals surface area contributed by atoms with Gasteiger partial charge >= 0.3 is 0 Å². The molecule has 7 heteroatoms. The second kappa shape index (κ2) is 8.84. The molecule has 0 saturated carbocycles. The number of rotatable bonds is 6. The van der Waals surface area contributed by atoms with Gasteiger partial charge in [0.15, 0.2) is 0 Å². The van der Waals surface area contributed by atoms with Gasteiger partial charge in [0.1, 0.15) is 0 Å². The van der Waals surface area contributed by atoms with Crippen LogP contribution in [0.2, 0.25) is 10.0 Å². The summed E-state index contributed by atoms with van der Waals surface area (Å²) in [5.41, 5.74) is 2.12. The highest BCUT2D eigenvalue weighted by Gasteiger charge is 2.24. The van der Waals surface area contributed by atoms with Gasteiger partial charge in [0, 0.05) is 42.8 Å². The van der Waals surface area contributed by atoms with Crippen molar-refractivity contribution in [2.24, 2.45) is 5.92 Å². The molecule has 0 spiro atoms. The molecule has 3 rings (SSSR count). The number of nitrogens with one attached hydrogen (secondary N) is 3. The van der Waals surface area contributed by atoms with Crippen molar-refractivity contribution in [2.45, 2.75) is 12.6 Å². The van der Waals surface area contributed by atoms with E-state index in [9.17, 15) is 9.90 Å². The van der Waals surface area contributed by atoms with E-state index < -0.39 is 0 Å². The number of hydrogen-bond donors (Lipinski definition) is 4. The van der Waals surface area contributed by atoms with Crippen LogP contribution >= 0.6 is 23.2 Å². The number of aliphatic hydroxyl groups excluding tert-OH is 1. The van der Waals surface area contributed by atoms with Gasteiger partial charge in [-0.1, -0.05) is 35.3 Å². The van der Waals surface area contributed by atoms with Crippen molar-refractivity contribution in [2.75, 3.05) is 25.0 Å². The Bertz CT molecular complexity index is 785. The molecule has 1 heterocycles. The number of halogens is 2. The van der Waals surface area contributed by atoms with E-state index in [1.165, 1.54) is 0 Å². The molecule has 1 aliphatic heterocycles. The van der Waals surface area contributed by atoms with Crippen LogP contribution < -0.4 is 16.0 Å². The van der Waals surface area contributed by atoms with Gasteiger partial charge in [0.2, 0.25) is 0 Å². The van der Waals surface area contributed by atoms with Crippen LogP contribution in [0.1, 0.15) is 15.9 Å². The molecule has 2 unspecified atom stereocenters. The minimum atomic E-state index is -0.294. The summed E-state index contributed by atoms with van der Waals surface area (Å²) in [6, 6.07) is 12.4. The first-order valence-electron chi connectivity index (χ1n) is 8.48. The van der Waals surface area contributed by atoms with E-state index in [4.69, 9.17) is 23.2 Å². The van der Waals surface area contributed by atoms with Gasteiger partial charge in [-0.25, -0.2) is 0 Å². The van der Waals surface area contributed by atoms with Crippen molar-refractivity contribution in [3.8, 4) is 0 Å². The third kappa shape index (κ3) is 4.96. The van der Waals surface area contributed by atoms with E-state index >= 15 is 0 Å². The SMILES string of the molecule is O=C(Nc1cccc(CNCC2CNCC2O)c1)c1ccc(Cl)cc1Cl. The molecule has 0 aliphatic carbocycles. The predicted molar refractivity (Wildman–Crippen MR) is 105 cm³/mol. The Kier molecular flexibility index (Phi) is 6.51. The number of amides is 1. The third-order valence-electron chi connectivity index (χ3n) is 4.40. The molecule has 1 amide bonds. The normalized spacial score (nSPS) is 19.5. The average Bonchev–Trinajstić information content (AvgIpc) is 3.00. The topological polar surface area (TPSA) is 73.4 Å². The molecule has 2 aromatic carbocycles. The van der Waals surface area contributed by atoms with Gasteiger partial charge in [0.05, 0.1) is 16.7 Å². The molecular weight excluding hydrogens is 373 g/mol. The number of carbonyl (C=O) groups excluding carboxylic acids is 1. The Balaban J connectivity index is 1.57. The number of benzene rings is 2. The maximum Gasteiger partial charge on any atom is 0.257 e. The minimum Gasteiger partial charge on any atom is -0.391 e. The summed E-state index contributed by atoms with van der Waals surface area (Å²) in [5.74, 6) is -0.0538. The van der Waals surface area contributed by atoms with Crippen molar-refractivity contribution < 1.29 is 9.90 Å². The summed E-state index contributed by atoms with van der Waals surface area (Å²) in [7, 11) is 0. The monoisotopic (exact) mass is 393 g/mol. The lowest BCUT2D eigenvalue weighted by Crippen LogP contribution is -2.30. The lowest BCUT2D eigenvalue weighted by Gasteiger charge is -2.14. The number of anilines is 1. The van der Waals surface area contributed by atoms with Crippen molar-refractivity contribution in [1.29, 1.82) is 0 Å². The molecule has 26 heavy (non-hydrogen) atoms. The van der Waals surface area contributed by atoms with Gasteiger partial charge < -0.3 is 21.1 Å². The average molecular weight is 394 g/mol. The maximum absolute atomic E-state index is 12.4. The van der Waals surface area contributed by atoms with E-state index in [-0.39, 0.29) is 17.9 Å². The van der Waals surface area contributed by atoms with Crippen LogP contribution in [0.3, 0.4) is 0 Å². The highest BCUT2D eigenvalue weighted by atomic mass is 35.5. The summed E-state index contributed by atoms with van der Waals surface area (Å²) in [4.78, 5) is 12.4. The van der Waals surface area contributed by atoms with Crippen LogP contribution in [0, 0.1) is 5.92 Å². The number of carbonyl (C=O) groups is 1. The van der Waals surface area contributed by atoms with Crippen LogP contribution in [-0.4, -0.2) is 36.8 Å². The Hall–Kier alpha value is -1.63. The minimum absolute atomic E-state index is 0.227. The quantitative estimate of drug-likeness (QED) is 0.608. The smallest absolute Gasteiger partial charge is 0.257 e. The van der Waals surface area contributed by atoms with Gasteiger partial charge in [0.25, 0.3) is 5.91 Å². The van der Waals surface area contributed by atoms with Crippen LogP contribution in [0.4, 0.5) is 5.69 Å². The van der Waals surface area contributed by atoms with E-state index in [0.29, 0.717) is 34.4 Å². The molecule has 0 bridgehead atoms. The molecule has 1 saturated heterocycles. The Labute approximate surface area is 162 Å². The maximum atomic E-state index is 12.4. The van der Waals surface area contributed by atoms with Crippen molar-refractivity contribution in [3.05, 3.63) is 63.6 Å². The summed E-state index contributed by atoms with van der Waals surface area (Å²) in [6.07, 6.45) is -0.294. The molecule has 2 atom stereocenters. The van der Waals surface area contributed by atoms with Crippen LogP contribution in [0.15, 0.2) is 42.5 Å². The summed E-state index contributed by atoms with van der Waals surface area (Å²) >= 11 is 11.9. The Morgan fingerprint density at radius 2 is 2.04 bits per heavy atom. The molecule has 1 fully saturated rings. The Morgan fingerprint density at radius 1 is 1.19 bits per heavy atom. The molecule has 138 valence electrons. The predicted octanol–water partition coefficient (Wildman–Crippen LogP) is 2.92. The molecule has 5 nitrogen and oxygen atoms in total. The summed E-state index contributed by atoms with van der Waals surface area (Å²) < 4.78 is 0. The highest BCUT2D eigenvalue weighted by molar-refractivity contribution is 6.37. The summed E-state index contributed by atoms with van der Waals surface area (Å²) in [5, 5.41) is 20.0. The van der Waals surface area contributed by atoms with E-state index in [2.05, 4.69) is 16.0 Å². The zero-order chi connectivity index (χ0) is 18.5. The lowest BCUT2D eigenvalue weighted by atomic mass is 10.1. The largest absolute Gasteiger partial charge is 0.391 e. The van der Waals surface area contributed by atoms with Crippen LogP contribution in [0.5, 0.6) is 0 Å². The fraction of sp³-hybridized carbons (Fsp3) is 0.316. The van der Waals surface area contributed by atoms with Crippen molar-refractivity contribution >= 4 is 34.8 Å². The third-order valence-corrected chi connectivity index (χ3v) is 4.95. The second-order valence-corrected chi connectivity index (χ2v) is 7.24. The molecule has 0 radical (unpaired) electrons. The van der Waals surface area contributed by atoms with Gasteiger partial charge in [-0.2, -0.15) is 0 Å². The fourth-order valence-electron chi connectivity index (χ4n) is 2.96. The molecule has 1 aliphatic rings. The standard InChI is InChI=1S/C19H21Cl2N3O2/c20-14-4-5-16(17(21)7-14)19(26)24-15-3-1-2-12(6-15)8-22-9-13-10-23-11-18(13)25/h1-7,13,18,22-23,25H,8-11H2,(H,24,26). The first-order chi connectivity index (χ1) is 12.5. The number of hydrogen-bond acceptors (Lipinski definition) is 4. The van der Waals surface area contributed by atoms with E-state index in [1.54, 1.807) is 18.2 Å². The van der Waals surface area contributed by atoms with Gasteiger partial charge in [-0.15, -0.1) is 0 Å². The zero-order valence-corrected chi connectivity index (χ0v) is 15.6. The van der Waals surface area contributed by atoms with Crippen molar-refractivity contribution in [1.82, 2.24) is 10.6 Å². The molecule has 4 N–H and O–H groups in total.